The predicted octanol–water partition coefficient (Wildman–Crippen LogP) is 1.64. The normalized spacial score (nSPS) is 11.5. The number of methoxy groups -OCH3 is 1. The largest absolute Gasteiger partial charge is 0.497 e. The van der Waals surface area contributed by atoms with Crippen LogP contribution in [0.1, 0.15) is 17.7 Å². The number of aromatic amines is 1. The summed E-state index contributed by atoms with van der Waals surface area (Å²) in [5.41, 5.74) is 2.13. The molecule has 0 fully saturated rings. The Morgan fingerprint density at radius 3 is 2.86 bits per heavy atom. The van der Waals surface area contributed by atoms with E-state index < -0.39 is 10.0 Å². The van der Waals surface area contributed by atoms with Crippen molar-refractivity contribution >= 4 is 10.0 Å². The second kappa shape index (κ2) is 6.73. The van der Waals surface area contributed by atoms with Gasteiger partial charge in [-0.05, 0) is 37.5 Å². The number of nitrogens with one attached hydrogen (secondary N) is 2. The minimum Gasteiger partial charge on any atom is -0.497 e. The van der Waals surface area contributed by atoms with Gasteiger partial charge < -0.3 is 4.74 Å². The van der Waals surface area contributed by atoms with Gasteiger partial charge in [0, 0.05) is 18.3 Å². The molecule has 114 valence electrons. The SMILES string of the molecule is COc1cccc(S(=O)(=O)NCCCc2cn[nH]c2C)c1. The molecule has 21 heavy (non-hydrogen) atoms. The lowest BCUT2D eigenvalue weighted by Gasteiger charge is -2.08. The maximum Gasteiger partial charge on any atom is 0.240 e. The monoisotopic (exact) mass is 309 g/mol. The van der Waals surface area contributed by atoms with Crippen molar-refractivity contribution in [1.82, 2.24) is 14.9 Å². The standard InChI is InChI=1S/C14H19N3O3S/c1-11-12(10-15-17-11)5-4-8-16-21(18,19)14-7-3-6-13(9-14)20-2/h3,6-7,9-10,16H,4-5,8H2,1-2H3,(H,15,17). The van der Waals surface area contributed by atoms with Crippen LogP contribution in [0.2, 0.25) is 0 Å². The van der Waals surface area contributed by atoms with Gasteiger partial charge in [-0.15, -0.1) is 0 Å². The number of ether oxygens (including phenoxy) is 1. The zero-order chi connectivity index (χ0) is 15.3. The molecular weight excluding hydrogens is 290 g/mol. The second-order valence-corrected chi connectivity index (χ2v) is 6.47. The van der Waals surface area contributed by atoms with E-state index in [-0.39, 0.29) is 4.90 Å². The molecule has 0 aliphatic heterocycles. The zero-order valence-corrected chi connectivity index (χ0v) is 12.9. The van der Waals surface area contributed by atoms with E-state index in [9.17, 15) is 8.42 Å². The first-order valence-electron chi connectivity index (χ1n) is 6.65. The lowest BCUT2D eigenvalue weighted by Crippen LogP contribution is -2.25. The van der Waals surface area contributed by atoms with Gasteiger partial charge in [-0.3, -0.25) is 5.10 Å². The van der Waals surface area contributed by atoms with Gasteiger partial charge in [0.1, 0.15) is 5.75 Å². The summed E-state index contributed by atoms with van der Waals surface area (Å²) in [6.45, 7) is 2.33. The van der Waals surface area contributed by atoms with Crippen molar-refractivity contribution in [3.8, 4) is 5.75 Å². The molecule has 0 atom stereocenters. The molecule has 0 spiro atoms. The Labute approximate surface area is 124 Å². The van der Waals surface area contributed by atoms with Crippen molar-refractivity contribution < 1.29 is 13.2 Å². The summed E-state index contributed by atoms with van der Waals surface area (Å²) in [5.74, 6) is 0.520. The molecule has 0 saturated carbocycles. The molecule has 2 N–H and O–H groups in total. The number of hydrogen-bond donors (Lipinski definition) is 2. The van der Waals surface area contributed by atoms with E-state index >= 15 is 0 Å². The third kappa shape index (κ3) is 4.05. The summed E-state index contributed by atoms with van der Waals surface area (Å²) in [6.07, 6.45) is 3.26. The second-order valence-electron chi connectivity index (χ2n) is 4.70. The van der Waals surface area contributed by atoms with Crippen LogP contribution in [0.25, 0.3) is 0 Å². The third-order valence-corrected chi connectivity index (χ3v) is 4.66. The van der Waals surface area contributed by atoms with E-state index in [2.05, 4.69) is 14.9 Å². The van der Waals surface area contributed by atoms with Crippen LogP contribution in [0.4, 0.5) is 0 Å². The predicted molar refractivity (Wildman–Crippen MR) is 79.8 cm³/mol. The molecule has 2 aromatic rings. The molecule has 0 unspecified atom stereocenters. The quantitative estimate of drug-likeness (QED) is 0.762. The summed E-state index contributed by atoms with van der Waals surface area (Å²) in [7, 11) is -1.99. The van der Waals surface area contributed by atoms with Crippen LogP contribution in [0.5, 0.6) is 5.75 Å². The fourth-order valence-electron chi connectivity index (χ4n) is 1.96. The van der Waals surface area contributed by atoms with Gasteiger partial charge in [0.05, 0.1) is 18.2 Å². The highest BCUT2D eigenvalue weighted by Crippen LogP contribution is 2.16. The summed E-state index contributed by atoms with van der Waals surface area (Å²) in [4.78, 5) is 0.210. The molecule has 0 bridgehead atoms. The molecule has 7 heteroatoms. The van der Waals surface area contributed by atoms with Crippen LogP contribution in [0, 0.1) is 6.92 Å². The maximum absolute atomic E-state index is 12.1. The Kier molecular flexibility index (Phi) is 4.98. The first-order chi connectivity index (χ1) is 10.0. The van der Waals surface area contributed by atoms with Crippen molar-refractivity contribution in [2.75, 3.05) is 13.7 Å². The highest BCUT2D eigenvalue weighted by atomic mass is 32.2. The molecule has 0 amide bonds. The van der Waals surface area contributed by atoms with Crippen LogP contribution in [-0.2, 0) is 16.4 Å². The molecule has 2 rings (SSSR count). The first kappa shape index (κ1) is 15.5. The minimum atomic E-state index is -3.50. The van der Waals surface area contributed by atoms with Crippen LogP contribution >= 0.6 is 0 Å². The van der Waals surface area contributed by atoms with E-state index in [0.717, 1.165) is 17.7 Å². The van der Waals surface area contributed by atoms with Gasteiger partial charge in [0.2, 0.25) is 10.0 Å². The van der Waals surface area contributed by atoms with Crippen molar-refractivity contribution in [3.05, 3.63) is 41.7 Å². The van der Waals surface area contributed by atoms with Crippen LogP contribution in [0.15, 0.2) is 35.4 Å². The van der Waals surface area contributed by atoms with Gasteiger partial charge in [-0.2, -0.15) is 5.10 Å². The Morgan fingerprint density at radius 1 is 1.38 bits per heavy atom. The van der Waals surface area contributed by atoms with Crippen molar-refractivity contribution in [1.29, 1.82) is 0 Å². The highest BCUT2D eigenvalue weighted by molar-refractivity contribution is 7.89. The molecular formula is C14H19N3O3S. The van der Waals surface area contributed by atoms with E-state index in [4.69, 9.17) is 4.74 Å². The lowest BCUT2D eigenvalue weighted by molar-refractivity contribution is 0.413. The maximum atomic E-state index is 12.1. The number of nitrogens with zero attached hydrogens (tertiary/aromatic N) is 1. The van der Waals surface area contributed by atoms with Crippen LogP contribution in [0.3, 0.4) is 0 Å². The summed E-state index contributed by atoms with van der Waals surface area (Å²) in [5, 5.41) is 6.80. The van der Waals surface area contributed by atoms with Gasteiger partial charge in [-0.25, -0.2) is 13.1 Å². The van der Waals surface area contributed by atoms with Gasteiger partial charge in [0.15, 0.2) is 0 Å². The fraction of sp³-hybridized carbons (Fsp3) is 0.357. The number of sulfonamides is 1. The number of rotatable bonds is 7. The van der Waals surface area contributed by atoms with E-state index in [1.165, 1.54) is 13.2 Å². The molecule has 6 nitrogen and oxygen atoms in total. The highest BCUT2D eigenvalue weighted by Gasteiger charge is 2.14. The number of hydrogen-bond acceptors (Lipinski definition) is 4. The smallest absolute Gasteiger partial charge is 0.240 e. The topological polar surface area (TPSA) is 84.1 Å². The van der Waals surface area contributed by atoms with E-state index in [1.807, 2.05) is 6.92 Å². The Hall–Kier alpha value is -1.86. The molecule has 0 aliphatic carbocycles. The first-order valence-corrected chi connectivity index (χ1v) is 8.14. The molecule has 0 aliphatic rings. The molecule has 1 aromatic heterocycles. The number of benzene rings is 1. The molecule has 1 heterocycles. The summed E-state index contributed by atoms with van der Waals surface area (Å²) >= 11 is 0. The number of aryl methyl sites for hydroxylation is 2. The zero-order valence-electron chi connectivity index (χ0n) is 12.1. The Morgan fingerprint density at radius 2 is 2.19 bits per heavy atom. The lowest BCUT2D eigenvalue weighted by atomic mass is 10.1. The minimum absolute atomic E-state index is 0.210. The average molecular weight is 309 g/mol. The molecule has 1 aromatic carbocycles. The van der Waals surface area contributed by atoms with E-state index in [1.54, 1.807) is 24.4 Å². The molecule has 0 radical (unpaired) electrons. The molecule has 0 saturated heterocycles. The van der Waals surface area contributed by atoms with E-state index in [0.29, 0.717) is 18.7 Å². The number of H-pyrrole nitrogens is 1. The van der Waals surface area contributed by atoms with Crippen molar-refractivity contribution in [2.24, 2.45) is 0 Å². The van der Waals surface area contributed by atoms with Gasteiger partial charge in [0.25, 0.3) is 0 Å². The van der Waals surface area contributed by atoms with Crippen molar-refractivity contribution in [3.63, 3.8) is 0 Å². The van der Waals surface area contributed by atoms with Crippen molar-refractivity contribution in [2.45, 2.75) is 24.7 Å². The van der Waals surface area contributed by atoms with Crippen LogP contribution in [-0.4, -0.2) is 32.3 Å². The number of aromatic nitrogens is 2. The average Bonchev–Trinajstić information content (AvgIpc) is 2.89. The van der Waals surface area contributed by atoms with Gasteiger partial charge in [-0.1, -0.05) is 6.07 Å². The Bertz CT molecular complexity index is 695. The summed E-state index contributed by atoms with van der Waals surface area (Å²) in [6, 6.07) is 6.41. The summed E-state index contributed by atoms with van der Waals surface area (Å²) < 4.78 is 31.9. The fourth-order valence-corrected chi connectivity index (χ4v) is 3.07. The van der Waals surface area contributed by atoms with Crippen LogP contribution < -0.4 is 9.46 Å². The third-order valence-electron chi connectivity index (χ3n) is 3.20. The van der Waals surface area contributed by atoms with Gasteiger partial charge >= 0.3 is 0 Å². The Balaban J connectivity index is 1.90.